The monoisotopic (exact) mass is 647 g/mol. The van der Waals surface area contributed by atoms with Gasteiger partial charge in [0.25, 0.3) is 0 Å². The van der Waals surface area contributed by atoms with Crippen molar-refractivity contribution in [1.82, 2.24) is 15.6 Å². The third-order valence-electron chi connectivity index (χ3n) is 7.62. The van der Waals surface area contributed by atoms with Crippen LogP contribution in [-0.2, 0) is 54.8 Å². The third kappa shape index (κ3) is 10.1. The third-order valence-corrected chi connectivity index (χ3v) is 7.62. The van der Waals surface area contributed by atoms with Crippen LogP contribution in [0.2, 0.25) is 0 Å². The van der Waals surface area contributed by atoms with Crippen LogP contribution < -0.4 is 10.6 Å². The molecule has 0 aliphatic rings. The molecule has 0 saturated heterocycles. The van der Waals surface area contributed by atoms with Gasteiger partial charge in [-0.05, 0) is 34.7 Å². The number of aromatic nitrogens is 1. The standard InChI is InChI=1S/C38H37N3O7/c42-35(46-24-27-12-4-1-5-13-27)21-20-33(37(44)47-25-28-14-6-2-7-15-28)40-36(43)34(22-30-23-39-32-19-11-10-18-31(30)32)41-38(45)48-26-29-16-8-3-9-17-29/h1-19,23,33-34,39H,20-22,24-26H2,(H,40,43)(H,41,45)/t33-,34-/m1/s1. The number of para-hydroxylation sites is 1. The summed E-state index contributed by atoms with van der Waals surface area (Å²) in [7, 11) is 0. The van der Waals surface area contributed by atoms with E-state index in [-0.39, 0.29) is 39.1 Å². The molecule has 0 aliphatic carbocycles. The first-order valence-electron chi connectivity index (χ1n) is 15.7. The highest BCUT2D eigenvalue weighted by atomic mass is 16.6. The molecule has 0 unspecified atom stereocenters. The zero-order chi connectivity index (χ0) is 33.6. The molecule has 5 aromatic rings. The number of esters is 2. The number of nitrogens with one attached hydrogen (secondary N) is 3. The lowest BCUT2D eigenvalue weighted by atomic mass is 10.0. The van der Waals surface area contributed by atoms with Gasteiger partial charge in [0.1, 0.15) is 31.9 Å². The Labute approximate surface area is 278 Å². The predicted octanol–water partition coefficient (Wildman–Crippen LogP) is 5.76. The largest absolute Gasteiger partial charge is 0.461 e. The molecule has 1 aromatic heterocycles. The van der Waals surface area contributed by atoms with Gasteiger partial charge < -0.3 is 29.8 Å². The molecule has 0 spiro atoms. The summed E-state index contributed by atoms with van der Waals surface area (Å²) < 4.78 is 16.3. The molecule has 3 N–H and O–H groups in total. The van der Waals surface area contributed by atoms with Crippen LogP contribution in [0.25, 0.3) is 10.9 Å². The Hall–Kier alpha value is -5.90. The highest BCUT2D eigenvalue weighted by Gasteiger charge is 2.30. The minimum Gasteiger partial charge on any atom is -0.461 e. The van der Waals surface area contributed by atoms with Gasteiger partial charge in [-0.1, -0.05) is 109 Å². The fourth-order valence-electron chi connectivity index (χ4n) is 5.06. The van der Waals surface area contributed by atoms with Gasteiger partial charge in [-0.25, -0.2) is 9.59 Å². The molecular formula is C38H37N3O7. The molecule has 2 atom stereocenters. The van der Waals surface area contributed by atoms with Crippen molar-refractivity contribution in [2.24, 2.45) is 0 Å². The fourth-order valence-corrected chi connectivity index (χ4v) is 5.06. The summed E-state index contributed by atoms with van der Waals surface area (Å²) in [6, 6.07) is 32.8. The second kappa shape index (κ2) is 17.1. The second-order valence-electron chi connectivity index (χ2n) is 11.2. The van der Waals surface area contributed by atoms with Crippen LogP contribution in [-0.4, -0.2) is 41.0 Å². The Morgan fingerprint density at radius 3 is 1.77 bits per heavy atom. The molecule has 5 rings (SSSR count). The van der Waals surface area contributed by atoms with Crippen molar-refractivity contribution in [3.8, 4) is 0 Å². The molecule has 0 fully saturated rings. The van der Waals surface area contributed by atoms with E-state index in [4.69, 9.17) is 14.2 Å². The minimum atomic E-state index is -1.20. The first-order chi connectivity index (χ1) is 23.4. The van der Waals surface area contributed by atoms with Crippen LogP contribution in [0.15, 0.2) is 121 Å². The molecule has 1 heterocycles. The Kier molecular flexibility index (Phi) is 11.9. The summed E-state index contributed by atoms with van der Waals surface area (Å²) in [6.07, 6.45) is 0.840. The fraction of sp³-hybridized carbons (Fsp3) is 0.211. The normalized spacial score (nSPS) is 12.0. The van der Waals surface area contributed by atoms with Gasteiger partial charge >= 0.3 is 18.0 Å². The summed E-state index contributed by atoms with van der Waals surface area (Å²) in [5.41, 5.74) is 4.02. The molecule has 0 saturated carbocycles. The molecule has 2 amide bonds. The molecule has 10 heteroatoms. The van der Waals surface area contributed by atoms with E-state index in [1.807, 2.05) is 115 Å². The minimum absolute atomic E-state index is 0.00757. The SMILES string of the molecule is O=C(CC[C@@H](NC(=O)[C@@H](Cc1c[nH]c2ccccc12)NC(=O)OCc1ccccc1)C(=O)OCc1ccccc1)OCc1ccccc1. The van der Waals surface area contributed by atoms with Gasteiger partial charge in [0, 0.05) is 29.9 Å². The first-order valence-corrected chi connectivity index (χ1v) is 15.7. The van der Waals surface area contributed by atoms with Crippen molar-refractivity contribution in [2.75, 3.05) is 0 Å². The van der Waals surface area contributed by atoms with E-state index in [1.54, 1.807) is 6.20 Å². The van der Waals surface area contributed by atoms with Gasteiger partial charge in [0.15, 0.2) is 0 Å². The molecule has 0 bridgehead atoms. The lowest BCUT2D eigenvalue weighted by Crippen LogP contribution is -2.53. The van der Waals surface area contributed by atoms with E-state index >= 15 is 0 Å². The lowest BCUT2D eigenvalue weighted by molar-refractivity contribution is -0.150. The number of H-pyrrole nitrogens is 1. The number of hydrogen-bond acceptors (Lipinski definition) is 7. The molecule has 246 valence electrons. The van der Waals surface area contributed by atoms with Crippen LogP contribution in [0.1, 0.15) is 35.1 Å². The average Bonchev–Trinajstić information content (AvgIpc) is 3.54. The number of fused-ring (bicyclic) bond motifs is 1. The van der Waals surface area contributed by atoms with E-state index in [2.05, 4.69) is 15.6 Å². The average molecular weight is 648 g/mol. The molecule has 10 nitrogen and oxygen atoms in total. The Morgan fingerprint density at radius 2 is 1.15 bits per heavy atom. The number of aromatic amines is 1. The van der Waals surface area contributed by atoms with Crippen LogP contribution in [0, 0.1) is 0 Å². The smallest absolute Gasteiger partial charge is 0.408 e. The van der Waals surface area contributed by atoms with Crippen LogP contribution in [0.3, 0.4) is 0 Å². The summed E-state index contributed by atoms with van der Waals surface area (Å²) in [5.74, 6) is -1.90. The van der Waals surface area contributed by atoms with Crippen molar-refractivity contribution in [2.45, 2.75) is 51.2 Å². The van der Waals surface area contributed by atoms with Crippen LogP contribution in [0.4, 0.5) is 4.79 Å². The first kappa shape index (κ1) is 33.5. The lowest BCUT2D eigenvalue weighted by Gasteiger charge is -2.22. The summed E-state index contributed by atoms with van der Waals surface area (Å²) in [4.78, 5) is 55.9. The Morgan fingerprint density at radius 1 is 0.604 bits per heavy atom. The highest BCUT2D eigenvalue weighted by Crippen LogP contribution is 2.20. The number of carbonyl (C=O) groups is 4. The van der Waals surface area contributed by atoms with Gasteiger partial charge in [-0.2, -0.15) is 0 Å². The molecule has 4 aromatic carbocycles. The maximum atomic E-state index is 13.8. The highest BCUT2D eigenvalue weighted by molar-refractivity contribution is 5.91. The summed E-state index contributed by atoms with van der Waals surface area (Å²) >= 11 is 0. The number of alkyl carbamates (subject to hydrolysis) is 1. The number of benzene rings is 4. The number of carbonyl (C=O) groups excluding carboxylic acids is 4. The number of hydrogen-bond donors (Lipinski definition) is 3. The van der Waals surface area contributed by atoms with Crippen molar-refractivity contribution in [3.63, 3.8) is 0 Å². The van der Waals surface area contributed by atoms with E-state index in [0.717, 1.165) is 33.2 Å². The quantitative estimate of drug-likeness (QED) is 0.0972. The molecule has 48 heavy (non-hydrogen) atoms. The van der Waals surface area contributed by atoms with Crippen LogP contribution in [0.5, 0.6) is 0 Å². The number of rotatable bonds is 15. The second-order valence-corrected chi connectivity index (χ2v) is 11.2. The molecular weight excluding hydrogens is 610 g/mol. The Balaban J connectivity index is 1.29. The van der Waals surface area contributed by atoms with E-state index < -0.39 is 36.0 Å². The van der Waals surface area contributed by atoms with Crippen molar-refractivity contribution < 1.29 is 33.4 Å². The van der Waals surface area contributed by atoms with Crippen molar-refractivity contribution in [1.29, 1.82) is 0 Å². The number of amides is 2. The van der Waals surface area contributed by atoms with E-state index in [0.29, 0.717) is 0 Å². The van der Waals surface area contributed by atoms with Gasteiger partial charge in [-0.3, -0.25) is 9.59 Å². The topological polar surface area (TPSA) is 136 Å². The van der Waals surface area contributed by atoms with Gasteiger partial charge in [0.2, 0.25) is 5.91 Å². The van der Waals surface area contributed by atoms with Crippen molar-refractivity contribution >= 4 is 34.8 Å². The van der Waals surface area contributed by atoms with E-state index in [9.17, 15) is 19.2 Å². The van der Waals surface area contributed by atoms with Crippen molar-refractivity contribution in [3.05, 3.63) is 144 Å². The predicted molar refractivity (Wildman–Crippen MR) is 179 cm³/mol. The van der Waals surface area contributed by atoms with Gasteiger partial charge in [0.05, 0.1) is 0 Å². The number of ether oxygens (including phenoxy) is 3. The summed E-state index contributed by atoms with van der Waals surface area (Å²) in [6.45, 7) is 0.0673. The zero-order valence-corrected chi connectivity index (χ0v) is 26.3. The maximum Gasteiger partial charge on any atom is 0.408 e. The van der Waals surface area contributed by atoms with Crippen LogP contribution >= 0.6 is 0 Å². The Bertz CT molecular complexity index is 1790. The maximum absolute atomic E-state index is 13.8. The molecule has 0 radical (unpaired) electrons. The zero-order valence-electron chi connectivity index (χ0n) is 26.3. The van der Waals surface area contributed by atoms with E-state index in [1.165, 1.54) is 0 Å². The van der Waals surface area contributed by atoms with Gasteiger partial charge in [-0.15, -0.1) is 0 Å². The molecule has 0 aliphatic heterocycles. The summed E-state index contributed by atoms with van der Waals surface area (Å²) in [5, 5.41) is 6.27.